The topological polar surface area (TPSA) is 126 Å². The van der Waals surface area contributed by atoms with Gasteiger partial charge < -0.3 is 14.7 Å². The van der Waals surface area contributed by atoms with Crippen LogP contribution in [0.25, 0.3) is 0 Å². The fourth-order valence-electron chi connectivity index (χ4n) is 3.44. The van der Waals surface area contributed by atoms with Gasteiger partial charge in [0.15, 0.2) is 0 Å². The number of hydrogen-bond donors (Lipinski definition) is 2. The van der Waals surface area contributed by atoms with Crippen LogP contribution in [0.2, 0.25) is 0 Å². The lowest BCUT2D eigenvalue weighted by molar-refractivity contribution is -0.148. The third kappa shape index (κ3) is 5.13. The highest BCUT2D eigenvalue weighted by atomic mass is 32.2. The molecule has 0 radical (unpaired) electrons. The molecule has 2 heterocycles. The summed E-state index contributed by atoms with van der Waals surface area (Å²) in [5, 5.41) is 9.63. The average Bonchev–Trinajstić information content (AvgIpc) is 2.75. The highest BCUT2D eigenvalue weighted by molar-refractivity contribution is 7.92. The van der Waals surface area contributed by atoms with Gasteiger partial charge >= 0.3 is 11.9 Å². The van der Waals surface area contributed by atoms with Crippen LogP contribution in [0.15, 0.2) is 35.4 Å². The number of ether oxygens (including phenoxy) is 1. The van der Waals surface area contributed by atoms with Crippen LogP contribution in [0.5, 0.6) is 0 Å². The van der Waals surface area contributed by atoms with Crippen molar-refractivity contribution in [1.82, 2.24) is 4.98 Å². The number of carbonyl (C=O) groups is 2. The van der Waals surface area contributed by atoms with E-state index in [9.17, 15) is 31.9 Å². The van der Waals surface area contributed by atoms with Gasteiger partial charge in [-0.1, -0.05) is 0 Å². The Morgan fingerprint density at radius 1 is 1.31 bits per heavy atom. The lowest BCUT2D eigenvalue weighted by atomic mass is 9.98. The van der Waals surface area contributed by atoms with Gasteiger partial charge in [-0.25, -0.2) is 27.0 Å². The van der Waals surface area contributed by atoms with E-state index in [0.717, 1.165) is 18.3 Å². The monoisotopic (exact) mass is 469 g/mol. The van der Waals surface area contributed by atoms with Crippen molar-refractivity contribution in [2.75, 3.05) is 29.3 Å². The Morgan fingerprint density at radius 3 is 2.75 bits per heavy atom. The molecule has 3 rings (SSSR count). The van der Waals surface area contributed by atoms with Crippen molar-refractivity contribution < 1.29 is 36.6 Å². The number of aromatic carboxylic acids is 1. The summed E-state index contributed by atoms with van der Waals surface area (Å²) in [6, 6.07) is 2.99. The van der Waals surface area contributed by atoms with E-state index in [1.165, 1.54) is 0 Å². The lowest BCUT2D eigenvalue weighted by Gasteiger charge is -2.33. The van der Waals surface area contributed by atoms with Gasteiger partial charge in [-0.05, 0) is 44.0 Å². The van der Waals surface area contributed by atoms with Crippen LogP contribution >= 0.6 is 0 Å². The van der Waals surface area contributed by atoms with E-state index in [1.54, 1.807) is 11.8 Å². The first-order valence-corrected chi connectivity index (χ1v) is 11.2. The number of pyridine rings is 1. The van der Waals surface area contributed by atoms with Gasteiger partial charge in [0.25, 0.3) is 10.0 Å². The summed E-state index contributed by atoms with van der Waals surface area (Å²) in [6.07, 6.45) is 2.27. The zero-order valence-corrected chi connectivity index (χ0v) is 17.9. The summed E-state index contributed by atoms with van der Waals surface area (Å²) < 4.78 is 59.3. The maximum atomic E-state index is 13.9. The molecule has 9 nitrogen and oxygen atoms in total. The number of carboxylic acid groups (broad SMARTS) is 1. The molecule has 1 aliphatic rings. The molecule has 2 aromatic rings. The number of piperidine rings is 1. The molecule has 1 atom stereocenters. The van der Waals surface area contributed by atoms with E-state index < -0.39 is 38.4 Å². The third-order valence-corrected chi connectivity index (χ3v) is 6.27. The number of hydrogen-bond acceptors (Lipinski definition) is 7. The maximum Gasteiger partial charge on any atom is 0.339 e. The molecule has 1 aliphatic heterocycles. The minimum Gasteiger partial charge on any atom is -0.478 e. The molecule has 0 spiro atoms. The molecule has 1 saturated heterocycles. The fourth-order valence-corrected chi connectivity index (χ4v) is 4.56. The summed E-state index contributed by atoms with van der Waals surface area (Å²) in [6.45, 7) is 2.57. The summed E-state index contributed by atoms with van der Waals surface area (Å²) in [5.74, 6) is -4.25. The van der Waals surface area contributed by atoms with Crippen molar-refractivity contribution in [2.24, 2.45) is 5.92 Å². The zero-order valence-electron chi connectivity index (χ0n) is 17.0. The Morgan fingerprint density at radius 2 is 2.06 bits per heavy atom. The Balaban J connectivity index is 1.89. The van der Waals surface area contributed by atoms with Gasteiger partial charge in [0.05, 0.1) is 24.4 Å². The van der Waals surface area contributed by atoms with Crippen molar-refractivity contribution in [1.29, 1.82) is 0 Å². The second-order valence-electron chi connectivity index (χ2n) is 7.12. The van der Waals surface area contributed by atoms with E-state index in [4.69, 9.17) is 4.74 Å². The van der Waals surface area contributed by atoms with E-state index in [0.29, 0.717) is 31.5 Å². The SMILES string of the molecule is CCOC(=O)C1CCCN(c2ncc(NS(=O)(=O)c3cc(F)ccc3F)cc2C(=O)O)C1. The minimum absolute atomic E-state index is 0.0615. The molecule has 1 fully saturated rings. The van der Waals surface area contributed by atoms with Crippen LogP contribution in [0, 0.1) is 17.6 Å². The molecular formula is C20H21F2N3O6S. The van der Waals surface area contributed by atoms with E-state index >= 15 is 0 Å². The fraction of sp³-hybridized carbons (Fsp3) is 0.350. The first-order valence-electron chi connectivity index (χ1n) is 9.75. The molecule has 2 N–H and O–H groups in total. The Hall–Kier alpha value is -3.28. The summed E-state index contributed by atoms with van der Waals surface area (Å²) in [4.78, 5) is 28.7. The maximum absolute atomic E-state index is 13.9. The second-order valence-corrected chi connectivity index (χ2v) is 8.77. The number of halogens is 2. The number of sulfonamides is 1. The minimum atomic E-state index is -4.55. The normalized spacial score (nSPS) is 16.5. The second kappa shape index (κ2) is 9.47. The van der Waals surface area contributed by atoms with Crippen LogP contribution < -0.4 is 9.62 Å². The number of aromatic nitrogens is 1. The molecule has 1 aromatic carbocycles. The summed E-state index contributed by atoms with van der Waals surface area (Å²) in [7, 11) is -4.55. The van der Waals surface area contributed by atoms with Crippen molar-refractivity contribution >= 4 is 33.5 Å². The molecule has 0 aliphatic carbocycles. The first kappa shape index (κ1) is 23.4. The van der Waals surface area contributed by atoms with Gasteiger partial charge in [0.1, 0.15) is 27.9 Å². The number of nitrogens with one attached hydrogen (secondary N) is 1. The Bertz CT molecular complexity index is 1140. The van der Waals surface area contributed by atoms with Gasteiger partial charge in [0, 0.05) is 13.1 Å². The predicted molar refractivity (Wildman–Crippen MR) is 110 cm³/mol. The largest absolute Gasteiger partial charge is 0.478 e. The summed E-state index contributed by atoms with van der Waals surface area (Å²) >= 11 is 0. The van der Waals surface area contributed by atoms with Gasteiger partial charge in [-0.2, -0.15) is 0 Å². The molecule has 1 aromatic heterocycles. The van der Waals surface area contributed by atoms with Crippen molar-refractivity contribution in [3.63, 3.8) is 0 Å². The quantitative estimate of drug-likeness (QED) is 0.593. The van der Waals surface area contributed by atoms with Crippen molar-refractivity contribution in [3.8, 4) is 0 Å². The molecule has 0 saturated carbocycles. The predicted octanol–water partition coefficient (Wildman–Crippen LogP) is 2.64. The van der Waals surface area contributed by atoms with Crippen molar-refractivity contribution in [2.45, 2.75) is 24.7 Å². The number of benzene rings is 1. The third-order valence-electron chi connectivity index (χ3n) is 4.87. The molecule has 0 bridgehead atoms. The van der Waals surface area contributed by atoms with Crippen molar-refractivity contribution in [3.05, 3.63) is 47.7 Å². The summed E-state index contributed by atoms with van der Waals surface area (Å²) in [5.41, 5.74) is -0.553. The molecule has 32 heavy (non-hydrogen) atoms. The smallest absolute Gasteiger partial charge is 0.339 e. The first-order chi connectivity index (χ1) is 15.1. The van der Waals surface area contributed by atoms with Gasteiger partial charge in [-0.15, -0.1) is 0 Å². The Kier molecular flexibility index (Phi) is 6.92. The number of anilines is 2. The van der Waals surface area contributed by atoms with E-state index in [2.05, 4.69) is 4.98 Å². The molecule has 172 valence electrons. The molecule has 1 unspecified atom stereocenters. The van der Waals surface area contributed by atoms with Crippen LogP contribution in [-0.4, -0.2) is 50.1 Å². The molecule has 0 amide bonds. The van der Waals surface area contributed by atoms with Gasteiger partial charge in [0.2, 0.25) is 0 Å². The number of esters is 1. The number of rotatable bonds is 7. The number of carboxylic acids is 1. The average molecular weight is 469 g/mol. The van der Waals surface area contributed by atoms with Crippen LogP contribution in [0.1, 0.15) is 30.1 Å². The molecular weight excluding hydrogens is 448 g/mol. The standard InChI is InChI=1S/C20H21F2N3O6S/c1-2-31-20(28)12-4-3-7-25(11-12)18-15(19(26)27)9-14(10-23-18)24-32(29,30)17-8-13(21)5-6-16(17)22/h5-6,8-10,12,24H,2-4,7,11H2,1H3,(H,26,27). The van der Waals surface area contributed by atoms with Crippen LogP contribution in [0.4, 0.5) is 20.3 Å². The zero-order chi connectivity index (χ0) is 23.5. The van der Waals surface area contributed by atoms with Crippen LogP contribution in [0.3, 0.4) is 0 Å². The lowest BCUT2D eigenvalue weighted by Crippen LogP contribution is -2.40. The Labute approximate surface area is 183 Å². The highest BCUT2D eigenvalue weighted by Crippen LogP contribution is 2.28. The van der Waals surface area contributed by atoms with E-state index in [1.807, 2.05) is 4.72 Å². The van der Waals surface area contributed by atoms with Crippen LogP contribution in [-0.2, 0) is 19.6 Å². The number of carbonyl (C=O) groups excluding carboxylic acids is 1. The highest BCUT2D eigenvalue weighted by Gasteiger charge is 2.30. The van der Waals surface area contributed by atoms with Gasteiger partial charge in [-0.3, -0.25) is 9.52 Å². The number of nitrogens with zero attached hydrogens (tertiary/aromatic N) is 2. The molecule has 12 heteroatoms. The van der Waals surface area contributed by atoms with E-state index in [-0.39, 0.29) is 36.2 Å².